The molecule has 0 aliphatic carbocycles. The molecule has 0 atom stereocenters. The van der Waals surface area contributed by atoms with Gasteiger partial charge in [-0.3, -0.25) is 0 Å². The highest BCUT2D eigenvalue weighted by Gasteiger charge is 2.11. The lowest BCUT2D eigenvalue weighted by Gasteiger charge is -2.21. The first-order valence-corrected chi connectivity index (χ1v) is 6.59. The first kappa shape index (κ1) is 14.4. The Bertz CT molecular complexity index is 640. The number of carbonyl (C=O) groups excluding carboxylic acids is 1. The first-order chi connectivity index (χ1) is 9.52. The zero-order valence-electron chi connectivity index (χ0n) is 11.7. The van der Waals surface area contributed by atoms with Gasteiger partial charge < -0.3 is 9.64 Å². The molecule has 0 saturated carbocycles. The van der Waals surface area contributed by atoms with Gasteiger partial charge in [0.1, 0.15) is 0 Å². The summed E-state index contributed by atoms with van der Waals surface area (Å²) in [6, 6.07) is 13.1. The van der Waals surface area contributed by atoms with Crippen LogP contribution in [-0.2, 0) is 4.74 Å². The second kappa shape index (κ2) is 5.97. The molecule has 0 aliphatic heterocycles. The summed E-state index contributed by atoms with van der Waals surface area (Å²) in [5.41, 5.74) is 3.38. The van der Waals surface area contributed by atoms with Crippen molar-refractivity contribution in [3.63, 3.8) is 0 Å². The number of rotatable bonds is 3. The maximum Gasteiger partial charge on any atom is 0.337 e. The van der Waals surface area contributed by atoms with Crippen LogP contribution < -0.4 is 4.90 Å². The van der Waals surface area contributed by atoms with Crippen molar-refractivity contribution in [1.82, 2.24) is 0 Å². The summed E-state index contributed by atoms with van der Waals surface area (Å²) in [6.45, 7) is 1.99. The van der Waals surface area contributed by atoms with E-state index in [1.165, 1.54) is 7.11 Å². The Morgan fingerprint density at radius 3 is 2.60 bits per heavy atom. The number of carbonyl (C=O) groups is 1. The van der Waals surface area contributed by atoms with Crippen molar-refractivity contribution in [1.29, 1.82) is 0 Å². The van der Waals surface area contributed by atoms with E-state index in [0.29, 0.717) is 10.6 Å². The Balaban J connectivity index is 2.38. The standard InChI is InChI=1S/C16H16ClNO2/c1-11-7-8-15(14(17)9-11)18(2)13-6-4-5-12(10-13)16(19)20-3/h4-10H,1-3H3. The van der Waals surface area contributed by atoms with E-state index >= 15 is 0 Å². The first-order valence-electron chi connectivity index (χ1n) is 6.21. The molecule has 4 heteroatoms. The molecule has 0 fully saturated rings. The summed E-state index contributed by atoms with van der Waals surface area (Å²) >= 11 is 6.27. The van der Waals surface area contributed by atoms with Crippen molar-refractivity contribution in [2.24, 2.45) is 0 Å². The van der Waals surface area contributed by atoms with Crippen molar-refractivity contribution >= 4 is 28.9 Å². The van der Waals surface area contributed by atoms with E-state index in [1.54, 1.807) is 12.1 Å². The van der Waals surface area contributed by atoms with Crippen molar-refractivity contribution in [2.75, 3.05) is 19.1 Å². The predicted octanol–water partition coefficient (Wildman–Crippen LogP) is 4.20. The lowest BCUT2D eigenvalue weighted by atomic mass is 10.1. The van der Waals surface area contributed by atoms with Crippen LogP contribution in [0.1, 0.15) is 15.9 Å². The number of halogens is 1. The van der Waals surface area contributed by atoms with Crippen LogP contribution in [-0.4, -0.2) is 20.1 Å². The molecule has 2 rings (SSSR count). The van der Waals surface area contributed by atoms with Gasteiger partial charge in [0, 0.05) is 12.7 Å². The molecular formula is C16H16ClNO2. The van der Waals surface area contributed by atoms with Gasteiger partial charge in [-0.15, -0.1) is 0 Å². The fourth-order valence-electron chi connectivity index (χ4n) is 1.98. The Hall–Kier alpha value is -2.00. The van der Waals surface area contributed by atoms with E-state index in [9.17, 15) is 4.79 Å². The highest BCUT2D eigenvalue weighted by molar-refractivity contribution is 6.33. The normalized spacial score (nSPS) is 10.2. The molecule has 2 aromatic carbocycles. The third-order valence-electron chi connectivity index (χ3n) is 3.12. The second-order valence-corrected chi connectivity index (χ2v) is 4.96. The zero-order chi connectivity index (χ0) is 14.7. The number of ether oxygens (including phenoxy) is 1. The molecule has 3 nitrogen and oxygen atoms in total. The third-order valence-corrected chi connectivity index (χ3v) is 3.42. The van der Waals surface area contributed by atoms with E-state index in [1.807, 2.05) is 49.2 Å². The minimum atomic E-state index is -0.352. The lowest BCUT2D eigenvalue weighted by molar-refractivity contribution is 0.0601. The van der Waals surface area contributed by atoms with Crippen LogP contribution >= 0.6 is 11.6 Å². The summed E-state index contributed by atoms with van der Waals surface area (Å²) in [4.78, 5) is 13.5. The van der Waals surface area contributed by atoms with E-state index < -0.39 is 0 Å². The van der Waals surface area contributed by atoms with Crippen LogP contribution in [0.15, 0.2) is 42.5 Å². The number of hydrogen-bond acceptors (Lipinski definition) is 3. The van der Waals surface area contributed by atoms with Crippen molar-refractivity contribution in [2.45, 2.75) is 6.92 Å². The summed E-state index contributed by atoms with van der Waals surface area (Å²) < 4.78 is 4.73. The van der Waals surface area contributed by atoms with Gasteiger partial charge in [0.05, 0.1) is 23.4 Å². The number of nitrogens with zero attached hydrogens (tertiary/aromatic N) is 1. The van der Waals surface area contributed by atoms with Crippen LogP contribution in [0, 0.1) is 6.92 Å². The molecule has 0 saturated heterocycles. The fourth-order valence-corrected chi connectivity index (χ4v) is 2.34. The number of anilines is 2. The Kier molecular flexibility index (Phi) is 4.30. The van der Waals surface area contributed by atoms with Gasteiger partial charge in [-0.2, -0.15) is 0 Å². The van der Waals surface area contributed by atoms with E-state index in [-0.39, 0.29) is 5.97 Å². The van der Waals surface area contributed by atoms with Crippen molar-refractivity contribution in [3.05, 3.63) is 58.6 Å². The highest BCUT2D eigenvalue weighted by Crippen LogP contribution is 2.31. The van der Waals surface area contributed by atoms with Crippen LogP contribution in [0.5, 0.6) is 0 Å². The average Bonchev–Trinajstić information content (AvgIpc) is 2.46. The SMILES string of the molecule is COC(=O)c1cccc(N(C)c2ccc(C)cc2Cl)c1. The van der Waals surface area contributed by atoms with E-state index in [2.05, 4.69) is 0 Å². The molecule has 0 aromatic heterocycles. The van der Waals surface area contributed by atoms with Crippen LogP contribution in [0.2, 0.25) is 5.02 Å². The largest absolute Gasteiger partial charge is 0.465 e. The van der Waals surface area contributed by atoms with E-state index in [4.69, 9.17) is 16.3 Å². The molecule has 0 aliphatic rings. The minimum Gasteiger partial charge on any atom is -0.465 e. The molecule has 2 aromatic rings. The Morgan fingerprint density at radius 1 is 1.20 bits per heavy atom. The van der Waals surface area contributed by atoms with Gasteiger partial charge in [0.2, 0.25) is 0 Å². The van der Waals surface area contributed by atoms with Gasteiger partial charge >= 0.3 is 5.97 Å². The Labute approximate surface area is 123 Å². The van der Waals surface area contributed by atoms with Crippen molar-refractivity contribution in [3.8, 4) is 0 Å². The molecule has 104 valence electrons. The molecule has 0 heterocycles. The number of esters is 1. The van der Waals surface area contributed by atoms with Gasteiger partial charge in [-0.1, -0.05) is 23.7 Å². The summed E-state index contributed by atoms with van der Waals surface area (Å²) in [5, 5.41) is 0.677. The van der Waals surface area contributed by atoms with Crippen molar-refractivity contribution < 1.29 is 9.53 Å². The fraction of sp³-hybridized carbons (Fsp3) is 0.188. The molecule has 0 radical (unpaired) electrons. The van der Waals surface area contributed by atoms with Crippen LogP contribution in [0.25, 0.3) is 0 Å². The topological polar surface area (TPSA) is 29.5 Å². The number of benzene rings is 2. The zero-order valence-corrected chi connectivity index (χ0v) is 12.4. The van der Waals surface area contributed by atoms with Gasteiger partial charge in [-0.05, 0) is 42.8 Å². The number of aryl methyl sites for hydroxylation is 1. The van der Waals surface area contributed by atoms with Gasteiger partial charge in [0.15, 0.2) is 0 Å². The van der Waals surface area contributed by atoms with Gasteiger partial charge in [0.25, 0.3) is 0 Å². The second-order valence-electron chi connectivity index (χ2n) is 4.56. The summed E-state index contributed by atoms with van der Waals surface area (Å²) in [7, 11) is 3.28. The summed E-state index contributed by atoms with van der Waals surface area (Å²) in [6.07, 6.45) is 0. The highest BCUT2D eigenvalue weighted by atomic mass is 35.5. The lowest BCUT2D eigenvalue weighted by Crippen LogP contribution is -2.11. The molecule has 0 unspecified atom stereocenters. The number of methoxy groups -OCH3 is 1. The third kappa shape index (κ3) is 2.94. The molecule has 0 bridgehead atoms. The van der Waals surface area contributed by atoms with Crippen LogP contribution in [0.3, 0.4) is 0 Å². The molecular weight excluding hydrogens is 274 g/mol. The minimum absolute atomic E-state index is 0.352. The molecule has 0 amide bonds. The summed E-state index contributed by atoms with van der Waals surface area (Å²) in [5.74, 6) is -0.352. The predicted molar refractivity (Wildman–Crippen MR) is 82.0 cm³/mol. The Morgan fingerprint density at radius 2 is 1.95 bits per heavy atom. The molecule has 0 N–H and O–H groups in total. The van der Waals surface area contributed by atoms with E-state index in [0.717, 1.165) is 16.9 Å². The monoisotopic (exact) mass is 289 g/mol. The number of hydrogen-bond donors (Lipinski definition) is 0. The van der Waals surface area contributed by atoms with Crippen LogP contribution in [0.4, 0.5) is 11.4 Å². The smallest absolute Gasteiger partial charge is 0.337 e. The van der Waals surface area contributed by atoms with Gasteiger partial charge in [-0.25, -0.2) is 4.79 Å². The quantitative estimate of drug-likeness (QED) is 0.793. The molecule has 0 spiro atoms. The molecule has 20 heavy (non-hydrogen) atoms. The maximum atomic E-state index is 11.6. The maximum absolute atomic E-state index is 11.6. The average molecular weight is 290 g/mol.